The van der Waals surface area contributed by atoms with E-state index in [1.54, 1.807) is 24.3 Å². The molecule has 5 heteroatoms. The van der Waals surface area contributed by atoms with E-state index in [2.05, 4.69) is 5.32 Å². The summed E-state index contributed by atoms with van der Waals surface area (Å²) in [6.07, 6.45) is -0.783. The van der Waals surface area contributed by atoms with E-state index in [1.165, 1.54) is 0 Å². The number of hydrogen-bond donors (Lipinski definition) is 2. The first-order valence-corrected chi connectivity index (χ1v) is 6.43. The van der Waals surface area contributed by atoms with Crippen LogP contribution in [0.5, 0.6) is 0 Å². The van der Waals surface area contributed by atoms with Crippen molar-refractivity contribution in [3.8, 4) is 6.07 Å². The van der Waals surface area contributed by atoms with Gasteiger partial charge in [-0.2, -0.15) is 5.26 Å². The second kappa shape index (κ2) is 6.93. The van der Waals surface area contributed by atoms with Crippen LogP contribution in [0.25, 0.3) is 0 Å². The van der Waals surface area contributed by atoms with E-state index in [0.717, 1.165) is 18.2 Å². The average Bonchev–Trinajstić information content (AvgIpc) is 2.50. The van der Waals surface area contributed by atoms with Crippen LogP contribution in [0.2, 0.25) is 0 Å². The van der Waals surface area contributed by atoms with E-state index < -0.39 is 17.7 Å². The maximum Gasteiger partial charge on any atom is 0.127 e. The van der Waals surface area contributed by atoms with Crippen LogP contribution in [0.1, 0.15) is 22.8 Å². The average molecular weight is 288 g/mol. The van der Waals surface area contributed by atoms with E-state index in [-0.39, 0.29) is 18.7 Å². The molecule has 108 valence electrons. The zero-order valence-corrected chi connectivity index (χ0v) is 11.2. The lowest BCUT2D eigenvalue weighted by atomic mass is 10.1. The number of nitrogens with one attached hydrogen (secondary N) is 1. The Bertz CT molecular complexity index is 650. The normalized spacial score (nSPS) is 11.9. The van der Waals surface area contributed by atoms with Gasteiger partial charge in [0.2, 0.25) is 0 Å². The molecule has 0 aliphatic heterocycles. The minimum atomic E-state index is -0.783. The molecule has 1 atom stereocenters. The predicted molar refractivity (Wildman–Crippen MR) is 74.2 cm³/mol. The number of nitriles is 1. The van der Waals surface area contributed by atoms with Gasteiger partial charge in [0.25, 0.3) is 0 Å². The Morgan fingerprint density at radius 3 is 2.52 bits per heavy atom. The van der Waals surface area contributed by atoms with Gasteiger partial charge in [-0.1, -0.05) is 12.1 Å². The van der Waals surface area contributed by atoms with Gasteiger partial charge in [-0.05, 0) is 35.9 Å². The van der Waals surface area contributed by atoms with Gasteiger partial charge < -0.3 is 10.4 Å². The first kappa shape index (κ1) is 15.1. The first-order valence-electron chi connectivity index (χ1n) is 6.43. The monoisotopic (exact) mass is 288 g/mol. The second-order valence-corrected chi connectivity index (χ2v) is 4.62. The maximum atomic E-state index is 13.4. The van der Waals surface area contributed by atoms with E-state index in [4.69, 9.17) is 5.26 Å². The molecule has 0 saturated heterocycles. The zero-order valence-electron chi connectivity index (χ0n) is 11.2. The quantitative estimate of drug-likeness (QED) is 0.889. The molecule has 0 saturated carbocycles. The minimum Gasteiger partial charge on any atom is -0.387 e. The van der Waals surface area contributed by atoms with Gasteiger partial charge >= 0.3 is 0 Å². The third-order valence-corrected chi connectivity index (χ3v) is 3.09. The molecule has 0 radical (unpaired) electrons. The molecule has 3 nitrogen and oxygen atoms in total. The Hall–Kier alpha value is -2.29. The number of benzene rings is 2. The van der Waals surface area contributed by atoms with Crippen molar-refractivity contribution in [2.75, 3.05) is 6.54 Å². The van der Waals surface area contributed by atoms with Crippen molar-refractivity contribution in [2.24, 2.45) is 0 Å². The van der Waals surface area contributed by atoms with Crippen LogP contribution in [0.15, 0.2) is 42.5 Å². The Balaban J connectivity index is 1.90. The Kier molecular flexibility index (Phi) is 4.99. The van der Waals surface area contributed by atoms with Gasteiger partial charge in [0.1, 0.15) is 11.6 Å². The highest BCUT2D eigenvalue weighted by atomic mass is 19.1. The van der Waals surface area contributed by atoms with Crippen LogP contribution in [0.4, 0.5) is 8.78 Å². The number of aliphatic hydroxyl groups excluding tert-OH is 1. The highest BCUT2D eigenvalue weighted by Crippen LogP contribution is 2.14. The molecule has 0 amide bonds. The lowest BCUT2D eigenvalue weighted by Crippen LogP contribution is -2.21. The van der Waals surface area contributed by atoms with E-state index in [0.29, 0.717) is 11.1 Å². The van der Waals surface area contributed by atoms with Crippen LogP contribution in [-0.4, -0.2) is 11.7 Å². The third kappa shape index (κ3) is 4.09. The molecule has 0 aliphatic rings. The van der Waals surface area contributed by atoms with Crippen molar-refractivity contribution in [3.05, 3.63) is 70.8 Å². The molecule has 2 aromatic rings. The molecule has 0 aromatic heterocycles. The summed E-state index contributed by atoms with van der Waals surface area (Å²) in [5.41, 5.74) is 1.38. The summed E-state index contributed by atoms with van der Waals surface area (Å²) in [5.74, 6) is -0.988. The second-order valence-electron chi connectivity index (χ2n) is 4.62. The molecule has 1 unspecified atom stereocenters. The Labute approximate surface area is 121 Å². The van der Waals surface area contributed by atoms with Gasteiger partial charge in [-0.3, -0.25) is 0 Å². The van der Waals surface area contributed by atoms with Gasteiger partial charge in [-0.15, -0.1) is 0 Å². The van der Waals surface area contributed by atoms with E-state index in [9.17, 15) is 13.9 Å². The number of aliphatic hydroxyl groups is 1. The molecule has 2 N–H and O–H groups in total. The largest absolute Gasteiger partial charge is 0.387 e. The smallest absolute Gasteiger partial charge is 0.127 e. The van der Waals surface area contributed by atoms with Crippen LogP contribution in [0, 0.1) is 23.0 Å². The van der Waals surface area contributed by atoms with Crippen molar-refractivity contribution in [3.63, 3.8) is 0 Å². The molecule has 0 heterocycles. The van der Waals surface area contributed by atoms with Crippen molar-refractivity contribution >= 4 is 0 Å². The molecule has 0 bridgehead atoms. The minimum absolute atomic E-state index is 0.122. The highest BCUT2D eigenvalue weighted by Gasteiger charge is 2.08. The number of nitrogens with zero attached hydrogens (tertiary/aromatic N) is 1. The standard InChI is InChI=1S/C16H14F2N2O/c17-14-5-6-15(18)13(7-14)9-20-10-16(21)12-3-1-11(8-19)2-4-12/h1-7,16,20-21H,9-10H2. The molecular weight excluding hydrogens is 274 g/mol. The van der Waals surface area contributed by atoms with Gasteiger partial charge in [-0.25, -0.2) is 8.78 Å². The summed E-state index contributed by atoms with van der Waals surface area (Å²) in [6.45, 7) is 0.318. The summed E-state index contributed by atoms with van der Waals surface area (Å²) >= 11 is 0. The lowest BCUT2D eigenvalue weighted by Gasteiger charge is -2.12. The van der Waals surface area contributed by atoms with Crippen LogP contribution >= 0.6 is 0 Å². The van der Waals surface area contributed by atoms with Crippen LogP contribution in [-0.2, 0) is 6.54 Å². The molecule has 0 fully saturated rings. The van der Waals surface area contributed by atoms with Crippen molar-refractivity contribution in [1.29, 1.82) is 5.26 Å². The maximum absolute atomic E-state index is 13.4. The molecule has 2 aromatic carbocycles. The molecule has 0 spiro atoms. The van der Waals surface area contributed by atoms with Crippen LogP contribution < -0.4 is 5.32 Å². The lowest BCUT2D eigenvalue weighted by molar-refractivity contribution is 0.174. The van der Waals surface area contributed by atoms with Crippen LogP contribution in [0.3, 0.4) is 0 Å². The zero-order chi connectivity index (χ0) is 15.2. The van der Waals surface area contributed by atoms with Gasteiger partial charge in [0, 0.05) is 18.7 Å². The molecular formula is C16H14F2N2O. The summed E-state index contributed by atoms with van der Waals surface area (Å²) in [5, 5.41) is 21.5. The first-order chi connectivity index (χ1) is 10.1. The van der Waals surface area contributed by atoms with E-state index in [1.807, 2.05) is 6.07 Å². The highest BCUT2D eigenvalue weighted by molar-refractivity contribution is 5.32. The number of halogens is 2. The fourth-order valence-electron chi connectivity index (χ4n) is 1.92. The SMILES string of the molecule is N#Cc1ccc(C(O)CNCc2cc(F)ccc2F)cc1. The number of rotatable bonds is 5. The van der Waals surface area contributed by atoms with Crippen molar-refractivity contribution < 1.29 is 13.9 Å². The fraction of sp³-hybridized carbons (Fsp3) is 0.188. The Morgan fingerprint density at radius 1 is 1.14 bits per heavy atom. The fourth-order valence-corrected chi connectivity index (χ4v) is 1.92. The predicted octanol–water partition coefficient (Wildman–Crippen LogP) is 2.66. The van der Waals surface area contributed by atoms with Crippen molar-refractivity contribution in [2.45, 2.75) is 12.6 Å². The molecule has 0 aliphatic carbocycles. The summed E-state index contributed by atoms with van der Waals surface area (Å²) in [4.78, 5) is 0. The molecule has 21 heavy (non-hydrogen) atoms. The molecule has 2 rings (SSSR count). The van der Waals surface area contributed by atoms with Crippen molar-refractivity contribution in [1.82, 2.24) is 5.32 Å². The Morgan fingerprint density at radius 2 is 1.86 bits per heavy atom. The summed E-state index contributed by atoms with van der Waals surface area (Å²) in [6, 6.07) is 11.8. The summed E-state index contributed by atoms with van der Waals surface area (Å²) < 4.78 is 26.4. The topological polar surface area (TPSA) is 56.0 Å². The van der Waals surface area contributed by atoms with E-state index >= 15 is 0 Å². The third-order valence-electron chi connectivity index (χ3n) is 3.09. The van der Waals surface area contributed by atoms with Gasteiger partial charge in [0.15, 0.2) is 0 Å². The number of hydrogen-bond acceptors (Lipinski definition) is 3. The summed E-state index contributed by atoms with van der Waals surface area (Å²) in [7, 11) is 0. The van der Waals surface area contributed by atoms with Gasteiger partial charge in [0.05, 0.1) is 17.7 Å².